The van der Waals surface area contributed by atoms with E-state index in [1.54, 1.807) is 7.11 Å². The Morgan fingerprint density at radius 3 is 2.90 bits per heavy atom. The lowest BCUT2D eigenvalue weighted by Crippen LogP contribution is -2.46. The lowest BCUT2D eigenvalue weighted by molar-refractivity contribution is -0.0198. The van der Waals surface area contributed by atoms with Gasteiger partial charge in [0, 0.05) is 37.7 Å². The van der Waals surface area contributed by atoms with Gasteiger partial charge >= 0.3 is 0 Å². The molecule has 1 aromatic rings. The van der Waals surface area contributed by atoms with Gasteiger partial charge in [0.1, 0.15) is 5.60 Å². The first-order valence-electron chi connectivity index (χ1n) is 7.60. The highest BCUT2D eigenvalue weighted by molar-refractivity contribution is 6.30. The van der Waals surface area contributed by atoms with E-state index in [1.807, 2.05) is 6.07 Å². The van der Waals surface area contributed by atoms with E-state index in [0.29, 0.717) is 12.6 Å². The zero-order chi connectivity index (χ0) is 15.1. The van der Waals surface area contributed by atoms with Crippen LogP contribution in [0.5, 0.6) is 0 Å². The van der Waals surface area contributed by atoms with Crippen LogP contribution in [0.2, 0.25) is 5.02 Å². The Balaban J connectivity index is 1.79. The van der Waals surface area contributed by atoms with Crippen LogP contribution >= 0.6 is 11.6 Å². The van der Waals surface area contributed by atoms with Crippen molar-refractivity contribution in [2.75, 3.05) is 26.9 Å². The molecule has 1 N–H and O–H groups in total. The van der Waals surface area contributed by atoms with Crippen LogP contribution in [-0.4, -0.2) is 32.5 Å². The summed E-state index contributed by atoms with van der Waals surface area (Å²) in [5.74, 6) is 0. The van der Waals surface area contributed by atoms with Crippen LogP contribution < -0.4 is 5.32 Å². The van der Waals surface area contributed by atoms with Gasteiger partial charge in [-0.2, -0.15) is 0 Å². The highest BCUT2D eigenvalue weighted by Gasteiger charge is 2.41. The van der Waals surface area contributed by atoms with Crippen molar-refractivity contribution in [3.8, 4) is 0 Å². The third kappa shape index (κ3) is 2.85. The summed E-state index contributed by atoms with van der Waals surface area (Å²) in [7, 11) is 1.78. The minimum atomic E-state index is -0.183. The zero-order valence-corrected chi connectivity index (χ0v) is 13.8. The van der Waals surface area contributed by atoms with Gasteiger partial charge in [0.15, 0.2) is 0 Å². The number of fused-ring (bicyclic) bond motifs is 1. The van der Waals surface area contributed by atoms with Gasteiger partial charge in [0.25, 0.3) is 0 Å². The molecular formula is C17H24ClNO2. The molecule has 2 unspecified atom stereocenters. The van der Waals surface area contributed by atoms with Crippen LogP contribution in [0.25, 0.3) is 0 Å². The quantitative estimate of drug-likeness (QED) is 0.925. The first-order chi connectivity index (χ1) is 9.96. The third-order valence-electron chi connectivity index (χ3n) is 4.97. The Labute approximate surface area is 132 Å². The molecule has 0 spiro atoms. The lowest BCUT2D eigenvalue weighted by atomic mass is 9.85. The van der Waals surface area contributed by atoms with Crippen molar-refractivity contribution in [1.82, 2.24) is 5.32 Å². The molecule has 0 radical (unpaired) electrons. The maximum atomic E-state index is 6.19. The monoisotopic (exact) mass is 309 g/mol. The summed E-state index contributed by atoms with van der Waals surface area (Å²) < 4.78 is 11.2. The maximum absolute atomic E-state index is 6.19. The van der Waals surface area contributed by atoms with Crippen LogP contribution in [0, 0.1) is 5.41 Å². The van der Waals surface area contributed by atoms with Gasteiger partial charge in [-0.1, -0.05) is 31.5 Å². The van der Waals surface area contributed by atoms with Crippen molar-refractivity contribution in [3.63, 3.8) is 0 Å². The average molecular weight is 310 g/mol. The van der Waals surface area contributed by atoms with Crippen LogP contribution in [-0.2, 0) is 15.9 Å². The van der Waals surface area contributed by atoms with E-state index in [9.17, 15) is 0 Å². The Kier molecular flexibility index (Phi) is 4.04. The summed E-state index contributed by atoms with van der Waals surface area (Å²) >= 11 is 6.19. The van der Waals surface area contributed by atoms with Crippen molar-refractivity contribution in [2.45, 2.75) is 38.3 Å². The van der Waals surface area contributed by atoms with Crippen molar-refractivity contribution >= 4 is 11.6 Å². The van der Waals surface area contributed by atoms with E-state index in [0.717, 1.165) is 31.0 Å². The topological polar surface area (TPSA) is 30.5 Å². The van der Waals surface area contributed by atoms with E-state index < -0.39 is 0 Å². The summed E-state index contributed by atoms with van der Waals surface area (Å²) in [6.07, 6.45) is 2.03. The second kappa shape index (κ2) is 5.54. The molecule has 2 atom stereocenters. The number of hydrogen-bond donors (Lipinski definition) is 1. The van der Waals surface area contributed by atoms with Crippen molar-refractivity contribution in [3.05, 3.63) is 34.3 Å². The van der Waals surface area contributed by atoms with Gasteiger partial charge in [0.05, 0.1) is 6.61 Å². The predicted octanol–water partition coefficient (Wildman–Crippen LogP) is 3.36. The highest BCUT2D eigenvalue weighted by atomic mass is 35.5. The minimum absolute atomic E-state index is 0.182. The molecule has 3 nitrogen and oxygen atoms in total. The van der Waals surface area contributed by atoms with Gasteiger partial charge in [-0.15, -0.1) is 0 Å². The Morgan fingerprint density at radius 1 is 1.43 bits per heavy atom. The van der Waals surface area contributed by atoms with E-state index in [4.69, 9.17) is 21.1 Å². The molecule has 4 heteroatoms. The Bertz CT molecular complexity index is 524. The second-order valence-corrected chi connectivity index (χ2v) is 7.45. The molecule has 1 aromatic carbocycles. The summed E-state index contributed by atoms with van der Waals surface area (Å²) in [5, 5.41) is 4.53. The molecule has 0 aromatic heterocycles. The van der Waals surface area contributed by atoms with E-state index in [-0.39, 0.29) is 11.0 Å². The molecular weight excluding hydrogens is 286 g/mol. The average Bonchev–Trinajstić information content (AvgIpc) is 2.99. The standard InChI is InChI=1S/C17H24ClNO2/c1-16(2)9-12-4-5-13(18)8-14(12)15(16)19-10-17(20-3)6-7-21-11-17/h4-5,8,15,19H,6-7,9-11H2,1-3H3. The predicted molar refractivity (Wildman–Crippen MR) is 84.9 cm³/mol. The first-order valence-corrected chi connectivity index (χ1v) is 7.98. The number of nitrogens with one attached hydrogen (secondary N) is 1. The number of benzene rings is 1. The summed E-state index contributed by atoms with van der Waals surface area (Å²) in [4.78, 5) is 0. The molecule has 1 aliphatic carbocycles. The van der Waals surface area contributed by atoms with Crippen molar-refractivity contribution in [1.29, 1.82) is 0 Å². The number of ether oxygens (including phenoxy) is 2. The minimum Gasteiger partial charge on any atom is -0.378 e. The number of halogens is 1. The molecule has 1 heterocycles. The molecule has 0 bridgehead atoms. The molecule has 0 amide bonds. The molecule has 1 saturated heterocycles. The summed E-state index contributed by atoms with van der Waals surface area (Å²) in [5.41, 5.74) is 2.73. The van der Waals surface area contributed by atoms with Crippen molar-refractivity contribution < 1.29 is 9.47 Å². The number of rotatable bonds is 4. The Morgan fingerprint density at radius 2 is 2.24 bits per heavy atom. The fourth-order valence-electron chi connectivity index (χ4n) is 3.64. The molecule has 21 heavy (non-hydrogen) atoms. The van der Waals surface area contributed by atoms with Crippen LogP contribution in [0.15, 0.2) is 18.2 Å². The lowest BCUT2D eigenvalue weighted by Gasteiger charge is -2.33. The van der Waals surface area contributed by atoms with E-state index in [2.05, 4.69) is 31.3 Å². The first kappa shape index (κ1) is 15.3. The summed E-state index contributed by atoms with van der Waals surface area (Å²) in [6, 6.07) is 6.55. The summed E-state index contributed by atoms with van der Waals surface area (Å²) in [6.45, 7) is 6.88. The molecule has 1 aliphatic heterocycles. The largest absolute Gasteiger partial charge is 0.378 e. The number of hydrogen-bond acceptors (Lipinski definition) is 3. The smallest absolute Gasteiger partial charge is 0.106 e. The normalized spacial score (nSPS) is 30.6. The Hall–Kier alpha value is -0.610. The molecule has 116 valence electrons. The molecule has 2 aliphatic rings. The molecule has 3 rings (SSSR count). The van der Waals surface area contributed by atoms with Crippen LogP contribution in [0.4, 0.5) is 0 Å². The van der Waals surface area contributed by atoms with Gasteiger partial charge in [-0.3, -0.25) is 0 Å². The van der Waals surface area contributed by atoms with E-state index in [1.165, 1.54) is 11.1 Å². The molecule has 0 saturated carbocycles. The van der Waals surface area contributed by atoms with Crippen molar-refractivity contribution in [2.24, 2.45) is 5.41 Å². The third-order valence-corrected chi connectivity index (χ3v) is 5.21. The fraction of sp³-hybridized carbons (Fsp3) is 0.647. The zero-order valence-electron chi connectivity index (χ0n) is 13.0. The van der Waals surface area contributed by atoms with Gasteiger partial charge in [-0.25, -0.2) is 0 Å². The fourth-order valence-corrected chi connectivity index (χ4v) is 3.83. The number of methoxy groups -OCH3 is 1. The molecule has 1 fully saturated rings. The van der Waals surface area contributed by atoms with Crippen LogP contribution in [0.3, 0.4) is 0 Å². The van der Waals surface area contributed by atoms with Gasteiger partial charge < -0.3 is 14.8 Å². The SMILES string of the molecule is COC1(CNC2c3cc(Cl)ccc3CC2(C)C)CCOC1. The van der Waals surface area contributed by atoms with Crippen LogP contribution in [0.1, 0.15) is 37.4 Å². The highest BCUT2D eigenvalue weighted by Crippen LogP contribution is 2.46. The maximum Gasteiger partial charge on any atom is 0.106 e. The van der Waals surface area contributed by atoms with Gasteiger partial charge in [-0.05, 0) is 35.1 Å². The van der Waals surface area contributed by atoms with Gasteiger partial charge in [0.2, 0.25) is 0 Å². The van der Waals surface area contributed by atoms with E-state index >= 15 is 0 Å². The second-order valence-electron chi connectivity index (χ2n) is 7.01.